The van der Waals surface area contributed by atoms with Crippen molar-refractivity contribution < 1.29 is 10.0 Å². The van der Waals surface area contributed by atoms with Gasteiger partial charge in [0.15, 0.2) is 5.84 Å². The van der Waals surface area contributed by atoms with Crippen LogP contribution < -0.4 is 5.73 Å². The highest BCUT2D eigenvalue weighted by Gasteiger charge is 2.39. The second kappa shape index (κ2) is 5.59. The van der Waals surface area contributed by atoms with Gasteiger partial charge in [0.25, 0.3) is 0 Å². The standard InChI is InChI=1S/C13H25N3O2/c1-9-7-5-6-8-10(9)16(4)12(17)13(2,3)11(14)15-18/h9-10,18H,5-8H2,1-4H3,(H2,14,15). The second-order valence-electron chi connectivity index (χ2n) is 5.86. The summed E-state index contributed by atoms with van der Waals surface area (Å²) in [5, 5.41) is 11.7. The number of nitrogens with two attached hydrogens (primary N) is 1. The Hall–Kier alpha value is -1.26. The summed E-state index contributed by atoms with van der Waals surface area (Å²) in [7, 11) is 1.82. The van der Waals surface area contributed by atoms with Crippen molar-refractivity contribution in [2.75, 3.05) is 7.05 Å². The number of hydrogen-bond donors (Lipinski definition) is 2. The predicted molar refractivity (Wildman–Crippen MR) is 71.4 cm³/mol. The monoisotopic (exact) mass is 255 g/mol. The number of nitrogens with zero attached hydrogens (tertiary/aromatic N) is 2. The fourth-order valence-electron chi connectivity index (χ4n) is 2.70. The second-order valence-corrected chi connectivity index (χ2v) is 5.86. The highest BCUT2D eigenvalue weighted by molar-refractivity contribution is 6.05. The molecule has 0 saturated heterocycles. The molecule has 2 atom stereocenters. The van der Waals surface area contributed by atoms with E-state index in [9.17, 15) is 4.79 Å². The number of hydrogen-bond acceptors (Lipinski definition) is 3. The molecule has 1 rings (SSSR count). The van der Waals surface area contributed by atoms with Gasteiger partial charge in [-0.3, -0.25) is 4.79 Å². The molecule has 0 aromatic carbocycles. The van der Waals surface area contributed by atoms with Crippen LogP contribution in [0.25, 0.3) is 0 Å². The zero-order valence-electron chi connectivity index (χ0n) is 11.8. The van der Waals surface area contributed by atoms with Crippen LogP contribution in [-0.4, -0.2) is 34.9 Å². The Labute approximate surface area is 109 Å². The molecule has 5 nitrogen and oxygen atoms in total. The number of carbonyl (C=O) groups is 1. The van der Waals surface area contributed by atoms with Gasteiger partial charge in [0.05, 0.1) is 0 Å². The molecular weight excluding hydrogens is 230 g/mol. The van der Waals surface area contributed by atoms with Gasteiger partial charge in [0.2, 0.25) is 5.91 Å². The van der Waals surface area contributed by atoms with E-state index >= 15 is 0 Å². The molecule has 3 N–H and O–H groups in total. The van der Waals surface area contributed by atoms with E-state index in [0.717, 1.165) is 19.3 Å². The average Bonchev–Trinajstić information content (AvgIpc) is 2.36. The Bertz CT molecular complexity index is 339. The van der Waals surface area contributed by atoms with Gasteiger partial charge < -0.3 is 15.8 Å². The van der Waals surface area contributed by atoms with Crippen molar-refractivity contribution >= 4 is 11.7 Å². The quantitative estimate of drug-likeness (QED) is 0.349. The molecule has 0 spiro atoms. The summed E-state index contributed by atoms with van der Waals surface area (Å²) in [5.41, 5.74) is 4.65. The lowest BCUT2D eigenvalue weighted by atomic mass is 9.83. The molecule has 2 unspecified atom stereocenters. The minimum absolute atomic E-state index is 0.0391. The van der Waals surface area contributed by atoms with Crippen molar-refractivity contribution in [1.82, 2.24) is 4.90 Å². The Morgan fingerprint density at radius 3 is 2.44 bits per heavy atom. The topological polar surface area (TPSA) is 78.9 Å². The van der Waals surface area contributed by atoms with E-state index in [0.29, 0.717) is 5.92 Å². The number of amides is 1. The van der Waals surface area contributed by atoms with Crippen molar-refractivity contribution in [1.29, 1.82) is 0 Å². The smallest absolute Gasteiger partial charge is 0.235 e. The first-order valence-electron chi connectivity index (χ1n) is 6.57. The Balaban J connectivity index is 2.83. The van der Waals surface area contributed by atoms with Crippen LogP contribution in [0.1, 0.15) is 46.5 Å². The first-order chi connectivity index (χ1) is 8.32. The Morgan fingerprint density at radius 2 is 1.94 bits per heavy atom. The third-order valence-corrected chi connectivity index (χ3v) is 4.17. The largest absolute Gasteiger partial charge is 0.409 e. The molecule has 0 aromatic heterocycles. The van der Waals surface area contributed by atoms with Crippen LogP contribution in [-0.2, 0) is 4.79 Å². The molecule has 1 aliphatic rings. The molecule has 0 aromatic rings. The van der Waals surface area contributed by atoms with Crippen LogP contribution in [0.15, 0.2) is 5.16 Å². The van der Waals surface area contributed by atoms with Gasteiger partial charge in [-0.05, 0) is 32.6 Å². The van der Waals surface area contributed by atoms with Crippen molar-refractivity contribution in [2.24, 2.45) is 22.2 Å². The normalized spacial score (nSPS) is 25.9. The van der Waals surface area contributed by atoms with Crippen LogP contribution in [0.4, 0.5) is 0 Å². The van der Waals surface area contributed by atoms with Gasteiger partial charge in [-0.15, -0.1) is 0 Å². The van der Waals surface area contributed by atoms with Crippen LogP contribution in [0.2, 0.25) is 0 Å². The van der Waals surface area contributed by atoms with E-state index in [-0.39, 0.29) is 17.8 Å². The molecular formula is C13H25N3O2. The lowest BCUT2D eigenvalue weighted by Gasteiger charge is -2.39. The molecule has 0 radical (unpaired) electrons. The highest BCUT2D eigenvalue weighted by atomic mass is 16.4. The minimum atomic E-state index is -0.958. The Kier molecular flexibility index (Phi) is 4.59. The third kappa shape index (κ3) is 2.76. The molecule has 1 amide bonds. The first kappa shape index (κ1) is 14.8. The van der Waals surface area contributed by atoms with Gasteiger partial charge in [-0.2, -0.15) is 0 Å². The third-order valence-electron chi connectivity index (χ3n) is 4.17. The van der Waals surface area contributed by atoms with Gasteiger partial charge >= 0.3 is 0 Å². The predicted octanol–water partition coefficient (Wildman–Crippen LogP) is 1.80. The fourth-order valence-corrected chi connectivity index (χ4v) is 2.70. The minimum Gasteiger partial charge on any atom is -0.409 e. The van der Waals surface area contributed by atoms with E-state index in [1.165, 1.54) is 6.42 Å². The maximum atomic E-state index is 12.5. The van der Waals surface area contributed by atoms with Crippen LogP contribution >= 0.6 is 0 Å². The Morgan fingerprint density at radius 1 is 1.39 bits per heavy atom. The van der Waals surface area contributed by atoms with Crippen LogP contribution in [0, 0.1) is 11.3 Å². The number of carbonyl (C=O) groups excluding carboxylic acids is 1. The lowest BCUT2D eigenvalue weighted by Crippen LogP contribution is -2.52. The maximum Gasteiger partial charge on any atom is 0.235 e. The van der Waals surface area contributed by atoms with Gasteiger partial charge in [-0.1, -0.05) is 24.9 Å². The summed E-state index contributed by atoms with van der Waals surface area (Å²) >= 11 is 0. The molecule has 18 heavy (non-hydrogen) atoms. The summed E-state index contributed by atoms with van der Waals surface area (Å²) in [4.78, 5) is 14.2. The molecule has 0 heterocycles. The summed E-state index contributed by atoms with van der Waals surface area (Å²) in [6, 6.07) is 0.261. The van der Waals surface area contributed by atoms with Crippen molar-refractivity contribution in [3.63, 3.8) is 0 Å². The first-order valence-corrected chi connectivity index (χ1v) is 6.57. The van der Waals surface area contributed by atoms with E-state index in [2.05, 4.69) is 12.1 Å². The van der Waals surface area contributed by atoms with Crippen molar-refractivity contribution in [2.45, 2.75) is 52.5 Å². The number of oxime groups is 1. The van der Waals surface area contributed by atoms with E-state index in [1.54, 1.807) is 18.7 Å². The fraction of sp³-hybridized carbons (Fsp3) is 0.846. The maximum absolute atomic E-state index is 12.5. The summed E-state index contributed by atoms with van der Waals surface area (Å²) in [6.07, 6.45) is 4.60. The SMILES string of the molecule is CC1CCCCC1N(C)C(=O)C(C)(C)C(N)=NO. The van der Waals surface area contributed by atoms with Gasteiger partial charge in [0, 0.05) is 13.1 Å². The molecule has 104 valence electrons. The molecule has 1 saturated carbocycles. The molecule has 5 heteroatoms. The number of amidine groups is 1. The molecule has 0 bridgehead atoms. The average molecular weight is 255 g/mol. The molecule has 1 aliphatic carbocycles. The van der Waals surface area contributed by atoms with Crippen LogP contribution in [0.3, 0.4) is 0 Å². The number of rotatable bonds is 3. The van der Waals surface area contributed by atoms with E-state index in [4.69, 9.17) is 10.9 Å². The molecule has 1 fully saturated rings. The van der Waals surface area contributed by atoms with Crippen LogP contribution in [0.5, 0.6) is 0 Å². The highest BCUT2D eigenvalue weighted by Crippen LogP contribution is 2.30. The zero-order valence-corrected chi connectivity index (χ0v) is 11.8. The van der Waals surface area contributed by atoms with Crippen molar-refractivity contribution in [3.05, 3.63) is 0 Å². The van der Waals surface area contributed by atoms with Crippen molar-refractivity contribution in [3.8, 4) is 0 Å². The van der Waals surface area contributed by atoms with Gasteiger partial charge in [-0.25, -0.2) is 0 Å². The van der Waals surface area contributed by atoms with E-state index in [1.807, 2.05) is 7.05 Å². The summed E-state index contributed by atoms with van der Waals surface area (Å²) in [5.74, 6) is 0.384. The van der Waals surface area contributed by atoms with Gasteiger partial charge in [0.1, 0.15) is 5.41 Å². The summed E-state index contributed by atoms with van der Waals surface area (Å²) < 4.78 is 0. The summed E-state index contributed by atoms with van der Waals surface area (Å²) in [6.45, 7) is 5.56. The van der Waals surface area contributed by atoms with E-state index < -0.39 is 5.41 Å². The lowest BCUT2D eigenvalue weighted by molar-refractivity contribution is -0.139. The molecule has 0 aliphatic heterocycles. The zero-order chi connectivity index (χ0) is 13.9.